The third-order valence-corrected chi connectivity index (χ3v) is 6.01. The zero-order valence-corrected chi connectivity index (χ0v) is 14.2. The van der Waals surface area contributed by atoms with Gasteiger partial charge < -0.3 is 9.47 Å². The summed E-state index contributed by atoms with van der Waals surface area (Å²) in [5, 5.41) is 3.37. The van der Waals surface area contributed by atoms with E-state index in [9.17, 15) is 0 Å². The van der Waals surface area contributed by atoms with E-state index in [2.05, 4.69) is 53.6 Å². The van der Waals surface area contributed by atoms with E-state index >= 15 is 0 Å². The Morgan fingerprint density at radius 2 is 2.21 bits per heavy atom. The molecule has 0 radical (unpaired) electrons. The van der Waals surface area contributed by atoms with Crippen molar-refractivity contribution in [2.24, 2.45) is 13.0 Å². The number of likely N-dealkylation sites (N-methyl/N-ethyl adjacent to an activating group) is 1. The molecule has 2 fully saturated rings. The summed E-state index contributed by atoms with van der Waals surface area (Å²) in [5.74, 6) is 1.18. The largest absolute Gasteiger partial charge is 0.350 e. The van der Waals surface area contributed by atoms with Gasteiger partial charge in [-0.2, -0.15) is 4.94 Å². The number of benzene rings is 1. The second kappa shape index (κ2) is 5.54. The molecular weight excluding hydrogens is 304 g/mol. The monoisotopic (exact) mass is 328 g/mol. The fourth-order valence-corrected chi connectivity index (χ4v) is 5.05. The first-order chi connectivity index (χ1) is 11.7. The zero-order chi connectivity index (χ0) is 16.3. The Balaban J connectivity index is 1.49. The maximum absolute atomic E-state index is 5.28. The van der Waals surface area contributed by atoms with E-state index in [1.807, 2.05) is 5.06 Å². The standard InChI is InChI=1S/C18H24N4O2/c1-20-8-12(9-22-11-23-19-24-22)6-15-14-4-3-5-16-18(14)13(7-17(15)20)10-21(16)2/h3-5,10,12,15,17,19H,6-9,11H2,1-2H3/t12-,15?,17-/m1/s1. The molecule has 2 aromatic rings. The molecule has 2 saturated heterocycles. The molecule has 6 nitrogen and oxygen atoms in total. The number of fused-ring (bicyclic) bond motifs is 2. The number of aryl methyl sites for hydroxylation is 1. The summed E-state index contributed by atoms with van der Waals surface area (Å²) in [6, 6.07) is 7.41. The highest BCUT2D eigenvalue weighted by Gasteiger charge is 2.40. The maximum atomic E-state index is 5.28. The van der Waals surface area contributed by atoms with Crippen LogP contribution in [0, 0.1) is 5.92 Å². The molecule has 2 aliphatic heterocycles. The number of hydroxylamine groups is 2. The van der Waals surface area contributed by atoms with Gasteiger partial charge in [0, 0.05) is 49.2 Å². The van der Waals surface area contributed by atoms with Crippen molar-refractivity contribution >= 4 is 10.9 Å². The van der Waals surface area contributed by atoms with E-state index in [4.69, 9.17) is 9.78 Å². The van der Waals surface area contributed by atoms with E-state index in [-0.39, 0.29) is 0 Å². The van der Waals surface area contributed by atoms with E-state index < -0.39 is 0 Å². The molecule has 3 aliphatic rings. The summed E-state index contributed by atoms with van der Waals surface area (Å²) in [6.07, 6.45) is 4.70. The minimum atomic E-state index is 0.493. The molecular formula is C18H24N4O2. The van der Waals surface area contributed by atoms with Crippen LogP contribution in [0.5, 0.6) is 0 Å². The molecule has 6 heteroatoms. The number of rotatable bonds is 2. The smallest absolute Gasteiger partial charge is 0.148 e. The van der Waals surface area contributed by atoms with E-state index in [0.717, 1.165) is 19.5 Å². The highest BCUT2D eigenvalue weighted by Crippen LogP contribution is 2.44. The number of nitrogens with zero attached hydrogens (tertiary/aromatic N) is 3. The minimum absolute atomic E-state index is 0.493. The Kier molecular flexibility index (Phi) is 3.43. The minimum Gasteiger partial charge on any atom is -0.350 e. The van der Waals surface area contributed by atoms with Crippen LogP contribution < -0.4 is 5.64 Å². The van der Waals surface area contributed by atoms with Crippen LogP contribution >= 0.6 is 0 Å². The summed E-state index contributed by atoms with van der Waals surface area (Å²) >= 11 is 0. The van der Waals surface area contributed by atoms with Gasteiger partial charge in [-0.1, -0.05) is 17.8 Å². The first kappa shape index (κ1) is 14.9. The topological polar surface area (TPSA) is 41.9 Å². The first-order valence-electron chi connectivity index (χ1n) is 8.76. The average molecular weight is 328 g/mol. The molecule has 1 aliphatic carbocycles. The zero-order valence-electron chi connectivity index (χ0n) is 14.2. The highest BCUT2D eigenvalue weighted by molar-refractivity contribution is 5.89. The summed E-state index contributed by atoms with van der Waals surface area (Å²) in [4.78, 5) is 12.9. The lowest BCUT2D eigenvalue weighted by atomic mass is 9.72. The summed E-state index contributed by atoms with van der Waals surface area (Å²) in [5.41, 5.74) is 6.88. The van der Waals surface area contributed by atoms with Gasteiger partial charge >= 0.3 is 0 Å². The molecule has 0 bridgehead atoms. The van der Waals surface area contributed by atoms with Crippen LogP contribution in [0.4, 0.5) is 0 Å². The van der Waals surface area contributed by atoms with Crippen LogP contribution in [0.1, 0.15) is 23.5 Å². The molecule has 1 aromatic heterocycles. The molecule has 0 saturated carbocycles. The van der Waals surface area contributed by atoms with Crippen molar-refractivity contribution in [1.82, 2.24) is 20.2 Å². The van der Waals surface area contributed by atoms with Crippen LogP contribution in [0.2, 0.25) is 0 Å². The quantitative estimate of drug-likeness (QED) is 0.910. The summed E-state index contributed by atoms with van der Waals surface area (Å²) in [7, 11) is 4.44. The highest BCUT2D eigenvalue weighted by atomic mass is 17.0. The lowest BCUT2D eigenvalue weighted by Gasteiger charge is -2.46. The Labute approximate surface area is 141 Å². The number of hydrogen-bond acceptors (Lipinski definition) is 5. The van der Waals surface area contributed by atoms with Gasteiger partial charge in [0.25, 0.3) is 0 Å². The third-order valence-electron chi connectivity index (χ3n) is 6.01. The molecule has 24 heavy (non-hydrogen) atoms. The van der Waals surface area contributed by atoms with Crippen molar-refractivity contribution in [1.29, 1.82) is 0 Å². The maximum Gasteiger partial charge on any atom is 0.148 e. The molecule has 5 rings (SSSR count). The first-order valence-corrected chi connectivity index (χ1v) is 8.76. The molecule has 3 heterocycles. The summed E-state index contributed by atoms with van der Waals surface area (Å²) < 4.78 is 2.28. The Morgan fingerprint density at radius 1 is 1.29 bits per heavy atom. The lowest BCUT2D eigenvalue weighted by molar-refractivity contribution is -0.188. The van der Waals surface area contributed by atoms with Crippen molar-refractivity contribution < 1.29 is 9.78 Å². The Morgan fingerprint density at radius 3 is 3.04 bits per heavy atom. The SMILES string of the molecule is CN1C[C@H](CN2CONO2)CC2c3cccc4c3c(cn4C)C[C@H]21. The van der Waals surface area contributed by atoms with Crippen LogP contribution in [-0.2, 0) is 23.2 Å². The normalized spacial score (nSPS) is 30.8. The van der Waals surface area contributed by atoms with Gasteiger partial charge in [-0.3, -0.25) is 4.84 Å². The van der Waals surface area contributed by atoms with Crippen LogP contribution in [-0.4, -0.2) is 47.4 Å². The second-order valence-electron chi connectivity index (χ2n) is 7.54. The molecule has 3 atom stereocenters. The van der Waals surface area contributed by atoms with Crippen molar-refractivity contribution in [2.45, 2.75) is 24.8 Å². The molecule has 128 valence electrons. The van der Waals surface area contributed by atoms with Gasteiger partial charge in [-0.15, -0.1) is 5.06 Å². The second-order valence-corrected chi connectivity index (χ2v) is 7.54. The third kappa shape index (κ3) is 2.22. The van der Waals surface area contributed by atoms with Crippen LogP contribution in [0.15, 0.2) is 24.4 Å². The van der Waals surface area contributed by atoms with Crippen LogP contribution in [0.25, 0.3) is 10.9 Å². The number of nitrogens with one attached hydrogen (secondary N) is 1. The predicted molar refractivity (Wildman–Crippen MR) is 90.8 cm³/mol. The van der Waals surface area contributed by atoms with E-state index in [1.165, 1.54) is 28.5 Å². The van der Waals surface area contributed by atoms with Gasteiger partial charge in [-0.05, 0) is 43.0 Å². The average Bonchev–Trinajstić information content (AvgIpc) is 3.18. The number of aromatic nitrogens is 1. The van der Waals surface area contributed by atoms with Gasteiger partial charge in [0.15, 0.2) is 0 Å². The van der Waals surface area contributed by atoms with Crippen molar-refractivity contribution in [3.63, 3.8) is 0 Å². The summed E-state index contributed by atoms with van der Waals surface area (Å²) in [6.45, 7) is 2.50. The number of likely N-dealkylation sites (tertiary alicyclic amines) is 1. The van der Waals surface area contributed by atoms with E-state index in [1.54, 1.807) is 0 Å². The van der Waals surface area contributed by atoms with E-state index in [0.29, 0.717) is 24.6 Å². The van der Waals surface area contributed by atoms with Gasteiger partial charge in [0.1, 0.15) is 6.73 Å². The fraction of sp³-hybridized carbons (Fsp3) is 0.556. The van der Waals surface area contributed by atoms with Gasteiger partial charge in [0.05, 0.1) is 0 Å². The predicted octanol–water partition coefficient (Wildman–Crippen LogP) is 1.78. The van der Waals surface area contributed by atoms with Gasteiger partial charge in [0.2, 0.25) is 0 Å². The fourth-order valence-electron chi connectivity index (χ4n) is 5.05. The molecule has 0 amide bonds. The van der Waals surface area contributed by atoms with Crippen molar-refractivity contribution in [2.75, 3.05) is 26.9 Å². The number of hydrogen-bond donors (Lipinski definition) is 1. The van der Waals surface area contributed by atoms with Crippen molar-refractivity contribution in [3.05, 3.63) is 35.5 Å². The molecule has 1 aromatic carbocycles. The molecule has 1 unspecified atom stereocenters. The molecule has 0 spiro atoms. The Bertz CT molecular complexity index is 768. The molecule has 1 N–H and O–H groups in total. The lowest BCUT2D eigenvalue weighted by Crippen LogP contribution is -2.49. The van der Waals surface area contributed by atoms with Crippen LogP contribution in [0.3, 0.4) is 0 Å². The number of piperidine rings is 1. The Hall–Kier alpha value is -1.44. The van der Waals surface area contributed by atoms with Crippen molar-refractivity contribution in [3.8, 4) is 0 Å². The van der Waals surface area contributed by atoms with Gasteiger partial charge in [-0.25, -0.2) is 0 Å².